The van der Waals surface area contributed by atoms with Crippen LogP contribution in [0.15, 0.2) is 54.6 Å². The molecule has 0 radical (unpaired) electrons. The number of carbonyl (C=O) groups is 1. The second-order valence-electron chi connectivity index (χ2n) is 4.93. The Balaban J connectivity index is 1.80. The fraction of sp³-hybridized carbons (Fsp3) is 0.222. The van der Waals surface area contributed by atoms with Gasteiger partial charge in [-0.15, -0.1) is 0 Å². The van der Waals surface area contributed by atoms with E-state index in [1.54, 1.807) is 36.2 Å². The van der Waals surface area contributed by atoms with Crippen LogP contribution in [0.3, 0.4) is 0 Å². The topological polar surface area (TPSA) is 53.3 Å². The molecule has 112 valence electrons. The number of benzene rings is 2. The maximum atomic E-state index is 12.3. The number of hydrogen-bond acceptors (Lipinski definition) is 3. The third-order valence-electron chi connectivity index (χ3n) is 3.24. The average molecular weight is 294 g/mol. The van der Waals surface area contributed by atoms with Gasteiger partial charge in [-0.3, -0.25) is 4.79 Å². The van der Waals surface area contributed by atoms with Crippen LogP contribution in [0.4, 0.5) is 0 Å². The Labute approximate surface area is 130 Å². The Bertz CT molecular complexity index is 662. The van der Waals surface area contributed by atoms with E-state index in [2.05, 4.69) is 0 Å². The third-order valence-corrected chi connectivity index (χ3v) is 3.24. The first-order chi connectivity index (χ1) is 10.7. The quantitative estimate of drug-likeness (QED) is 0.769. The van der Waals surface area contributed by atoms with Gasteiger partial charge in [-0.2, -0.15) is 5.26 Å². The molecule has 0 aliphatic rings. The zero-order valence-electron chi connectivity index (χ0n) is 12.5. The number of para-hydroxylation sites is 1. The van der Waals surface area contributed by atoms with Crippen LogP contribution in [-0.4, -0.2) is 31.0 Å². The molecule has 1 amide bonds. The molecule has 0 atom stereocenters. The second-order valence-corrected chi connectivity index (χ2v) is 4.93. The van der Waals surface area contributed by atoms with Crippen LogP contribution in [0.1, 0.15) is 22.3 Å². The molecule has 0 fully saturated rings. The second kappa shape index (κ2) is 7.84. The van der Waals surface area contributed by atoms with Crippen molar-refractivity contribution in [3.63, 3.8) is 0 Å². The van der Waals surface area contributed by atoms with Gasteiger partial charge >= 0.3 is 0 Å². The molecule has 0 bridgehead atoms. The summed E-state index contributed by atoms with van der Waals surface area (Å²) < 4.78 is 5.60. The number of amides is 1. The predicted molar refractivity (Wildman–Crippen MR) is 84.7 cm³/mol. The minimum atomic E-state index is -0.0863. The van der Waals surface area contributed by atoms with Gasteiger partial charge in [0.25, 0.3) is 5.91 Å². The molecule has 0 spiro atoms. The minimum absolute atomic E-state index is 0.0863. The van der Waals surface area contributed by atoms with Crippen LogP contribution in [0, 0.1) is 11.3 Å². The molecule has 0 N–H and O–H groups in total. The third kappa shape index (κ3) is 4.35. The monoisotopic (exact) mass is 294 g/mol. The molecule has 4 nitrogen and oxygen atoms in total. The Morgan fingerprint density at radius 2 is 1.95 bits per heavy atom. The van der Waals surface area contributed by atoms with Crippen LogP contribution in [-0.2, 0) is 0 Å². The molecule has 0 saturated carbocycles. The van der Waals surface area contributed by atoms with Crippen molar-refractivity contribution in [2.24, 2.45) is 0 Å². The molecular formula is C18H18N2O2. The number of rotatable bonds is 6. The molecule has 22 heavy (non-hydrogen) atoms. The molecule has 0 unspecified atom stereocenters. The number of hydrogen-bond donors (Lipinski definition) is 0. The van der Waals surface area contributed by atoms with Crippen LogP contribution in [0.25, 0.3) is 0 Å². The standard InChI is InChI=1S/C18H18N2O2/c1-20(11-6-12-22-17-9-3-2-4-10-17)18(21)16-8-5-7-15(13-16)14-19/h2-5,7-10,13H,6,11-12H2,1H3. The fourth-order valence-corrected chi connectivity index (χ4v) is 2.05. The highest BCUT2D eigenvalue weighted by atomic mass is 16.5. The van der Waals surface area contributed by atoms with Crippen molar-refractivity contribution in [1.82, 2.24) is 4.90 Å². The van der Waals surface area contributed by atoms with E-state index in [9.17, 15) is 4.79 Å². The summed E-state index contributed by atoms with van der Waals surface area (Å²) >= 11 is 0. The lowest BCUT2D eigenvalue weighted by molar-refractivity contribution is 0.0788. The molecule has 4 heteroatoms. The van der Waals surface area contributed by atoms with E-state index in [0.717, 1.165) is 12.2 Å². The molecule has 0 heterocycles. The van der Waals surface area contributed by atoms with Gasteiger partial charge in [0.1, 0.15) is 5.75 Å². The van der Waals surface area contributed by atoms with Crippen molar-refractivity contribution in [3.05, 3.63) is 65.7 Å². The lowest BCUT2D eigenvalue weighted by Gasteiger charge is -2.17. The van der Waals surface area contributed by atoms with Crippen LogP contribution >= 0.6 is 0 Å². The largest absolute Gasteiger partial charge is 0.494 e. The highest BCUT2D eigenvalue weighted by molar-refractivity contribution is 5.94. The smallest absolute Gasteiger partial charge is 0.253 e. The fourth-order valence-electron chi connectivity index (χ4n) is 2.05. The van der Waals surface area contributed by atoms with Crippen molar-refractivity contribution < 1.29 is 9.53 Å². The summed E-state index contributed by atoms with van der Waals surface area (Å²) in [5.41, 5.74) is 1.03. The summed E-state index contributed by atoms with van der Waals surface area (Å²) in [4.78, 5) is 13.9. The first-order valence-electron chi connectivity index (χ1n) is 7.14. The van der Waals surface area contributed by atoms with E-state index in [0.29, 0.717) is 24.3 Å². The van der Waals surface area contributed by atoms with Gasteiger partial charge in [0.2, 0.25) is 0 Å². The number of nitriles is 1. The predicted octanol–water partition coefficient (Wildman–Crippen LogP) is 3.10. The summed E-state index contributed by atoms with van der Waals surface area (Å²) in [6, 6.07) is 18.4. The Kier molecular flexibility index (Phi) is 5.56. The maximum Gasteiger partial charge on any atom is 0.253 e. The van der Waals surface area contributed by atoms with E-state index in [4.69, 9.17) is 10.00 Å². The Hall–Kier alpha value is -2.80. The van der Waals surface area contributed by atoms with E-state index in [1.807, 2.05) is 36.4 Å². The summed E-state index contributed by atoms with van der Waals surface area (Å²) in [5, 5.41) is 8.87. The van der Waals surface area contributed by atoms with Gasteiger partial charge in [0.05, 0.1) is 18.2 Å². The number of ether oxygens (including phenoxy) is 1. The SMILES string of the molecule is CN(CCCOc1ccccc1)C(=O)c1cccc(C#N)c1. The van der Waals surface area contributed by atoms with Crippen molar-refractivity contribution in [2.75, 3.05) is 20.2 Å². The summed E-state index contributed by atoms with van der Waals surface area (Å²) in [7, 11) is 1.75. The summed E-state index contributed by atoms with van der Waals surface area (Å²) in [6.07, 6.45) is 0.745. The molecular weight excluding hydrogens is 276 g/mol. The van der Waals surface area contributed by atoms with E-state index >= 15 is 0 Å². The van der Waals surface area contributed by atoms with Crippen molar-refractivity contribution >= 4 is 5.91 Å². The lowest BCUT2D eigenvalue weighted by Crippen LogP contribution is -2.28. The molecule has 0 aliphatic carbocycles. The first-order valence-corrected chi connectivity index (χ1v) is 7.14. The Morgan fingerprint density at radius 1 is 1.18 bits per heavy atom. The zero-order valence-corrected chi connectivity index (χ0v) is 12.5. The first kappa shape index (κ1) is 15.6. The van der Waals surface area contributed by atoms with E-state index in [1.165, 1.54) is 0 Å². The minimum Gasteiger partial charge on any atom is -0.494 e. The molecule has 2 aromatic rings. The van der Waals surface area contributed by atoms with E-state index in [-0.39, 0.29) is 5.91 Å². The maximum absolute atomic E-state index is 12.3. The summed E-state index contributed by atoms with van der Waals surface area (Å²) in [5.74, 6) is 0.745. The van der Waals surface area contributed by atoms with Crippen LogP contribution < -0.4 is 4.74 Å². The van der Waals surface area contributed by atoms with Gasteiger partial charge in [-0.1, -0.05) is 24.3 Å². The normalized spacial score (nSPS) is 9.82. The van der Waals surface area contributed by atoms with E-state index < -0.39 is 0 Å². The van der Waals surface area contributed by atoms with Crippen molar-refractivity contribution in [2.45, 2.75) is 6.42 Å². The molecule has 0 saturated heterocycles. The van der Waals surface area contributed by atoms with Gasteiger partial charge in [0, 0.05) is 19.2 Å². The highest BCUT2D eigenvalue weighted by Crippen LogP contribution is 2.10. The molecule has 2 aromatic carbocycles. The number of nitrogens with zero attached hydrogens (tertiary/aromatic N) is 2. The zero-order chi connectivity index (χ0) is 15.8. The lowest BCUT2D eigenvalue weighted by atomic mass is 10.1. The summed E-state index contributed by atoms with van der Waals surface area (Å²) in [6.45, 7) is 1.16. The van der Waals surface area contributed by atoms with Crippen LogP contribution in [0.2, 0.25) is 0 Å². The van der Waals surface area contributed by atoms with Crippen molar-refractivity contribution in [3.8, 4) is 11.8 Å². The van der Waals surface area contributed by atoms with Gasteiger partial charge in [-0.05, 0) is 36.8 Å². The van der Waals surface area contributed by atoms with Crippen LogP contribution in [0.5, 0.6) is 5.75 Å². The van der Waals surface area contributed by atoms with Gasteiger partial charge in [0.15, 0.2) is 0 Å². The van der Waals surface area contributed by atoms with Gasteiger partial charge in [-0.25, -0.2) is 0 Å². The molecule has 0 aromatic heterocycles. The highest BCUT2D eigenvalue weighted by Gasteiger charge is 2.11. The van der Waals surface area contributed by atoms with Gasteiger partial charge < -0.3 is 9.64 Å². The average Bonchev–Trinajstić information content (AvgIpc) is 2.58. The Morgan fingerprint density at radius 3 is 2.68 bits per heavy atom. The van der Waals surface area contributed by atoms with Crippen molar-refractivity contribution in [1.29, 1.82) is 5.26 Å². The number of carbonyl (C=O) groups excluding carboxylic acids is 1. The molecule has 2 rings (SSSR count). The molecule has 0 aliphatic heterocycles.